The molecule has 0 aliphatic heterocycles. The van der Waals surface area contributed by atoms with Crippen LogP contribution in [0.25, 0.3) is 0 Å². The predicted octanol–water partition coefficient (Wildman–Crippen LogP) is 4.50. The first-order valence-corrected chi connectivity index (χ1v) is 10.3. The zero-order valence-corrected chi connectivity index (χ0v) is 15.5. The monoisotopic (exact) mass is 319 g/mol. The van der Waals surface area contributed by atoms with E-state index in [2.05, 4.69) is 20.8 Å². The van der Waals surface area contributed by atoms with Crippen molar-refractivity contribution in [3.63, 3.8) is 0 Å². The molecule has 0 aromatic heterocycles. The minimum atomic E-state index is -0.354. The first-order valence-electron chi connectivity index (χ1n) is 10.3. The van der Waals surface area contributed by atoms with Gasteiger partial charge in [-0.1, -0.05) is 33.6 Å². The van der Waals surface area contributed by atoms with E-state index in [-0.39, 0.29) is 17.1 Å². The quantitative estimate of drug-likeness (QED) is 0.747. The Balaban J connectivity index is 1.67. The lowest BCUT2D eigenvalue weighted by Gasteiger charge is -2.61. The van der Waals surface area contributed by atoms with E-state index in [0.717, 1.165) is 30.6 Å². The van der Waals surface area contributed by atoms with Crippen molar-refractivity contribution in [3.8, 4) is 0 Å². The van der Waals surface area contributed by atoms with Crippen LogP contribution in [0.2, 0.25) is 0 Å². The first kappa shape index (κ1) is 16.4. The Morgan fingerprint density at radius 2 is 1.78 bits per heavy atom. The summed E-state index contributed by atoms with van der Waals surface area (Å²) in [5.41, 5.74) is 7.21. The smallest absolute Gasteiger partial charge is 0.0727 e. The molecular weight excluding hydrogens is 282 g/mol. The van der Waals surface area contributed by atoms with Crippen LogP contribution in [0.1, 0.15) is 85.0 Å². The standard InChI is InChI=1S/C21H37NO/c1-4-21(22)18(23)13-17-15-9-8-14-7-5-6-11-19(14,2)16(15)10-12-20(17,21)3/h14-18,23H,4-13,22H2,1-3H3/t14?,15-,16+,17+,18-,19+,20+,21-/m1/s1. The highest BCUT2D eigenvalue weighted by Crippen LogP contribution is 2.68. The molecule has 4 aliphatic rings. The van der Waals surface area contributed by atoms with Gasteiger partial charge >= 0.3 is 0 Å². The Kier molecular flexibility index (Phi) is 3.71. The molecule has 23 heavy (non-hydrogen) atoms. The van der Waals surface area contributed by atoms with Crippen molar-refractivity contribution in [2.75, 3.05) is 0 Å². The van der Waals surface area contributed by atoms with Gasteiger partial charge in [0.2, 0.25) is 0 Å². The molecule has 4 fully saturated rings. The number of fused-ring (bicyclic) bond motifs is 5. The summed E-state index contributed by atoms with van der Waals surface area (Å²) in [6.45, 7) is 7.22. The molecular formula is C21H37NO. The second-order valence-electron chi connectivity index (χ2n) is 10.0. The van der Waals surface area contributed by atoms with Gasteiger partial charge in [0.05, 0.1) is 6.10 Å². The van der Waals surface area contributed by atoms with Crippen LogP contribution in [0.4, 0.5) is 0 Å². The molecule has 2 nitrogen and oxygen atoms in total. The van der Waals surface area contributed by atoms with E-state index in [0.29, 0.717) is 11.3 Å². The average Bonchev–Trinajstić information content (AvgIpc) is 2.75. The van der Waals surface area contributed by atoms with Gasteiger partial charge < -0.3 is 10.8 Å². The molecule has 132 valence electrons. The lowest BCUT2D eigenvalue weighted by Crippen LogP contribution is -2.61. The van der Waals surface area contributed by atoms with Crippen molar-refractivity contribution in [2.45, 2.75) is 96.6 Å². The fourth-order valence-electron chi connectivity index (χ4n) is 8.10. The second-order valence-corrected chi connectivity index (χ2v) is 10.0. The minimum absolute atomic E-state index is 0.153. The Morgan fingerprint density at radius 3 is 2.52 bits per heavy atom. The van der Waals surface area contributed by atoms with Gasteiger partial charge in [0.25, 0.3) is 0 Å². The van der Waals surface area contributed by atoms with Gasteiger partial charge in [-0.3, -0.25) is 0 Å². The zero-order valence-electron chi connectivity index (χ0n) is 15.5. The number of aliphatic hydroxyl groups excluding tert-OH is 1. The molecule has 0 saturated heterocycles. The molecule has 0 aromatic rings. The van der Waals surface area contributed by atoms with E-state index in [1.165, 1.54) is 51.4 Å². The average molecular weight is 320 g/mol. The fourth-order valence-corrected chi connectivity index (χ4v) is 8.10. The molecule has 8 atom stereocenters. The van der Waals surface area contributed by atoms with Gasteiger partial charge in [-0.2, -0.15) is 0 Å². The molecule has 0 radical (unpaired) electrons. The van der Waals surface area contributed by atoms with Crippen LogP contribution in [0.5, 0.6) is 0 Å². The maximum atomic E-state index is 10.8. The number of hydrogen-bond donors (Lipinski definition) is 2. The minimum Gasteiger partial charge on any atom is -0.391 e. The Bertz CT molecular complexity index is 478. The summed E-state index contributed by atoms with van der Waals surface area (Å²) < 4.78 is 0. The third-order valence-electron chi connectivity index (χ3n) is 9.69. The maximum absolute atomic E-state index is 10.8. The van der Waals surface area contributed by atoms with E-state index >= 15 is 0 Å². The van der Waals surface area contributed by atoms with Crippen molar-refractivity contribution in [3.05, 3.63) is 0 Å². The summed E-state index contributed by atoms with van der Waals surface area (Å²) >= 11 is 0. The van der Waals surface area contributed by atoms with Crippen LogP contribution in [0.15, 0.2) is 0 Å². The van der Waals surface area contributed by atoms with Crippen molar-refractivity contribution in [1.29, 1.82) is 0 Å². The van der Waals surface area contributed by atoms with E-state index in [1.54, 1.807) is 0 Å². The van der Waals surface area contributed by atoms with Crippen LogP contribution in [-0.2, 0) is 0 Å². The number of aliphatic hydroxyl groups is 1. The van der Waals surface area contributed by atoms with Crippen molar-refractivity contribution >= 4 is 0 Å². The lowest BCUT2D eigenvalue weighted by molar-refractivity contribution is -0.115. The van der Waals surface area contributed by atoms with E-state index < -0.39 is 0 Å². The first-order chi connectivity index (χ1) is 10.9. The molecule has 4 saturated carbocycles. The molecule has 2 heteroatoms. The van der Waals surface area contributed by atoms with Crippen LogP contribution < -0.4 is 5.73 Å². The normalized spacial score (nSPS) is 59.1. The van der Waals surface area contributed by atoms with Crippen molar-refractivity contribution < 1.29 is 5.11 Å². The summed E-state index contributed by atoms with van der Waals surface area (Å²) in [5.74, 6) is 3.34. The molecule has 4 rings (SSSR count). The third-order valence-corrected chi connectivity index (χ3v) is 9.69. The molecule has 0 bridgehead atoms. The Morgan fingerprint density at radius 1 is 1.00 bits per heavy atom. The van der Waals surface area contributed by atoms with Gasteiger partial charge in [0, 0.05) is 5.54 Å². The van der Waals surface area contributed by atoms with Crippen molar-refractivity contribution in [1.82, 2.24) is 0 Å². The number of rotatable bonds is 1. The second kappa shape index (κ2) is 5.21. The Hall–Kier alpha value is -0.0800. The molecule has 4 aliphatic carbocycles. The van der Waals surface area contributed by atoms with E-state index in [9.17, 15) is 5.11 Å². The lowest BCUT2D eigenvalue weighted by atomic mass is 9.44. The summed E-state index contributed by atoms with van der Waals surface area (Å²) in [5, 5.41) is 10.8. The molecule has 1 unspecified atom stereocenters. The van der Waals surface area contributed by atoms with Gasteiger partial charge in [0.1, 0.15) is 0 Å². The summed E-state index contributed by atoms with van der Waals surface area (Å²) in [7, 11) is 0. The van der Waals surface area contributed by atoms with Crippen LogP contribution in [0, 0.1) is 34.5 Å². The summed E-state index contributed by atoms with van der Waals surface area (Å²) in [6, 6.07) is 0. The SMILES string of the molecule is CC[C@@]1(N)[C@H](O)C[C@H]2[C@@H]3CCC4CCCC[C@]4(C)[C@H]3CC[C@@]21C. The Labute approximate surface area is 142 Å². The number of hydrogen-bond acceptors (Lipinski definition) is 2. The van der Waals surface area contributed by atoms with E-state index in [1.807, 2.05) is 0 Å². The molecule has 0 spiro atoms. The topological polar surface area (TPSA) is 46.2 Å². The zero-order chi connectivity index (χ0) is 16.5. The number of nitrogens with two attached hydrogens (primary N) is 1. The van der Waals surface area contributed by atoms with Gasteiger partial charge in [-0.25, -0.2) is 0 Å². The van der Waals surface area contributed by atoms with Gasteiger partial charge in [0.15, 0.2) is 0 Å². The predicted molar refractivity (Wildman–Crippen MR) is 94.9 cm³/mol. The highest BCUT2D eigenvalue weighted by atomic mass is 16.3. The molecule has 3 N–H and O–H groups in total. The van der Waals surface area contributed by atoms with Crippen LogP contribution >= 0.6 is 0 Å². The van der Waals surface area contributed by atoms with Crippen molar-refractivity contribution in [2.24, 2.45) is 40.2 Å². The molecule has 0 heterocycles. The molecule has 0 aromatic carbocycles. The maximum Gasteiger partial charge on any atom is 0.0727 e. The van der Waals surface area contributed by atoms with Gasteiger partial charge in [-0.05, 0) is 85.9 Å². The third kappa shape index (κ3) is 1.94. The van der Waals surface area contributed by atoms with Crippen LogP contribution in [0.3, 0.4) is 0 Å². The highest BCUT2D eigenvalue weighted by Gasteiger charge is 2.65. The van der Waals surface area contributed by atoms with E-state index in [4.69, 9.17) is 5.73 Å². The largest absolute Gasteiger partial charge is 0.391 e. The summed E-state index contributed by atoms with van der Waals surface area (Å²) in [6.07, 6.45) is 12.8. The van der Waals surface area contributed by atoms with Gasteiger partial charge in [-0.15, -0.1) is 0 Å². The highest BCUT2D eigenvalue weighted by molar-refractivity contribution is 5.18. The molecule has 0 amide bonds. The van der Waals surface area contributed by atoms with Crippen LogP contribution in [-0.4, -0.2) is 16.7 Å². The fraction of sp³-hybridized carbons (Fsp3) is 1.00. The summed E-state index contributed by atoms with van der Waals surface area (Å²) in [4.78, 5) is 0.